The third-order valence-corrected chi connectivity index (χ3v) is 3.19. The average Bonchev–Trinajstić information content (AvgIpc) is 2.10. The van der Waals surface area contributed by atoms with E-state index in [9.17, 15) is 0 Å². The number of hydrogen-bond donors (Lipinski definition) is 0. The Morgan fingerprint density at radius 1 is 1.07 bits per heavy atom. The van der Waals surface area contributed by atoms with E-state index in [-0.39, 0.29) is 0 Å². The average molecular weight is 206 g/mol. The third-order valence-electron chi connectivity index (χ3n) is 3.19. The Labute approximate surface area is 95.8 Å². The molecule has 0 amide bonds. The third kappa shape index (κ3) is 5.01. The summed E-state index contributed by atoms with van der Waals surface area (Å²) in [6.07, 6.45) is 4.32. The van der Waals surface area contributed by atoms with Crippen molar-refractivity contribution in [3.63, 3.8) is 0 Å². The second kappa shape index (κ2) is 5.34. The van der Waals surface area contributed by atoms with Crippen molar-refractivity contribution in [1.82, 2.24) is 0 Å². The van der Waals surface area contributed by atoms with Crippen LogP contribution < -0.4 is 0 Å². The lowest BCUT2D eigenvalue weighted by Crippen LogP contribution is -2.18. The van der Waals surface area contributed by atoms with Crippen molar-refractivity contribution in [1.29, 1.82) is 0 Å². The molecule has 1 atom stereocenters. The van der Waals surface area contributed by atoms with Crippen LogP contribution in [0.2, 0.25) is 0 Å². The number of rotatable bonds is 3. The first-order valence-corrected chi connectivity index (χ1v) is 5.67. The quantitative estimate of drug-likeness (QED) is 0.561. The maximum atomic E-state index is 4.14. The summed E-state index contributed by atoms with van der Waals surface area (Å²) >= 11 is 0. The van der Waals surface area contributed by atoms with Crippen LogP contribution in [0.3, 0.4) is 0 Å². The Balaban J connectivity index is 4.59. The zero-order valence-electron chi connectivity index (χ0n) is 11.4. The molecule has 0 aromatic heterocycles. The first kappa shape index (κ1) is 14.2. The predicted octanol–water partition coefficient (Wildman–Crippen LogP) is 5.14. The van der Waals surface area contributed by atoms with Crippen LogP contribution in [0, 0.1) is 11.3 Å². The molecule has 0 heterocycles. The van der Waals surface area contributed by atoms with E-state index in [1.165, 1.54) is 16.7 Å². The van der Waals surface area contributed by atoms with E-state index in [4.69, 9.17) is 0 Å². The minimum Gasteiger partial charge on any atom is -0.0955 e. The van der Waals surface area contributed by atoms with Crippen molar-refractivity contribution in [3.8, 4) is 0 Å². The summed E-state index contributed by atoms with van der Waals surface area (Å²) in [6, 6.07) is 0. The minimum atomic E-state index is 0.292. The number of allylic oxidation sites excluding steroid dienone is 5. The van der Waals surface area contributed by atoms with Gasteiger partial charge in [-0.15, -0.1) is 0 Å². The Kier molecular flexibility index (Phi) is 5.07. The second-order valence-electron chi connectivity index (χ2n) is 5.68. The van der Waals surface area contributed by atoms with E-state index in [1.54, 1.807) is 0 Å². The predicted molar refractivity (Wildman–Crippen MR) is 70.9 cm³/mol. The maximum absolute atomic E-state index is 4.14. The van der Waals surface area contributed by atoms with Gasteiger partial charge in [-0.1, -0.05) is 63.1 Å². The highest BCUT2D eigenvalue weighted by Crippen LogP contribution is 2.31. The largest absolute Gasteiger partial charge is 0.0955 e. The highest BCUT2D eigenvalue weighted by atomic mass is 14.3. The molecular weight excluding hydrogens is 180 g/mol. The van der Waals surface area contributed by atoms with Crippen LogP contribution in [0.1, 0.15) is 48.5 Å². The normalized spacial score (nSPS) is 14.1. The van der Waals surface area contributed by atoms with E-state index in [0.717, 1.165) is 0 Å². The molecule has 0 radical (unpaired) electrons. The first-order valence-electron chi connectivity index (χ1n) is 5.67. The highest BCUT2D eigenvalue weighted by molar-refractivity contribution is 5.29. The van der Waals surface area contributed by atoms with Gasteiger partial charge >= 0.3 is 0 Å². The van der Waals surface area contributed by atoms with Gasteiger partial charge in [-0.2, -0.15) is 0 Å². The monoisotopic (exact) mass is 206 g/mol. The van der Waals surface area contributed by atoms with Gasteiger partial charge in [0, 0.05) is 0 Å². The van der Waals surface area contributed by atoms with Crippen molar-refractivity contribution >= 4 is 0 Å². The van der Waals surface area contributed by atoms with Crippen molar-refractivity contribution in [3.05, 3.63) is 35.5 Å². The van der Waals surface area contributed by atoms with E-state index in [0.29, 0.717) is 11.3 Å². The Morgan fingerprint density at radius 3 is 1.87 bits per heavy atom. The lowest BCUT2D eigenvalue weighted by atomic mass is 9.78. The summed E-state index contributed by atoms with van der Waals surface area (Å²) in [7, 11) is 0. The molecule has 0 spiro atoms. The zero-order chi connectivity index (χ0) is 12.2. The molecule has 0 rings (SSSR count). The molecule has 0 aromatic rings. The summed E-state index contributed by atoms with van der Waals surface area (Å²) in [4.78, 5) is 0. The molecule has 0 nitrogen and oxygen atoms in total. The van der Waals surface area contributed by atoms with Crippen molar-refractivity contribution in [2.75, 3.05) is 0 Å². The summed E-state index contributed by atoms with van der Waals surface area (Å²) in [6.45, 7) is 19.6. The maximum Gasteiger partial charge on any atom is -0.0148 e. The van der Waals surface area contributed by atoms with Gasteiger partial charge in [0.05, 0.1) is 0 Å². The molecule has 0 aliphatic carbocycles. The van der Waals surface area contributed by atoms with Gasteiger partial charge in [0.2, 0.25) is 0 Å². The molecule has 1 unspecified atom stereocenters. The lowest BCUT2D eigenvalue weighted by Gasteiger charge is -2.27. The van der Waals surface area contributed by atoms with Gasteiger partial charge in [0.15, 0.2) is 0 Å². The van der Waals surface area contributed by atoms with E-state index in [1.807, 2.05) is 0 Å². The fourth-order valence-electron chi connectivity index (χ4n) is 1.10. The zero-order valence-corrected chi connectivity index (χ0v) is 11.4. The van der Waals surface area contributed by atoms with Crippen LogP contribution in [0.5, 0.6) is 0 Å². The molecule has 0 heteroatoms. The SMILES string of the molecule is C=C(/C=C\C(C)=C(C)C)C(C)C(C)(C)C. The fourth-order valence-corrected chi connectivity index (χ4v) is 1.10. The van der Waals surface area contributed by atoms with Crippen molar-refractivity contribution in [2.45, 2.75) is 48.5 Å². The smallest absolute Gasteiger partial charge is 0.0148 e. The summed E-state index contributed by atoms with van der Waals surface area (Å²) in [5.74, 6) is 0.513. The highest BCUT2D eigenvalue weighted by Gasteiger charge is 2.20. The molecule has 0 saturated heterocycles. The number of hydrogen-bond acceptors (Lipinski definition) is 0. The van der Waals surface area contributed by atoms with Gasteiger partial charge in [-0.05, 0) is 32.1 Å². The standard InChI is InChI=1S/C15H26/c1-11(2)12(3)9-10-13(4)14(5)15(6,7)8/h9-10,14H,4H2,1-3,5-8H3/b10-9-. The Bertz CT molecular complexity index is 278. The summed E-state index contributed by atoms with van der Waals surface area (Å²) in [5.41, 5.74) is 4.20. The van der Waals surface area contributed by atoms with Crippen LogP contribution >= 0.6 is 0 Å². The first-order chi connectivity index (χ1) is 6.66. The summed E-state index contributed by atoms with van der Waals surface area (Å²) in [5, 5.41) is 0. The van der Waals surface area contributed by atoms with Crippen molar-refractivity contribution in [2.24, 2.45) is 11.3 Å². The van der Waals surface area contributed by atoms with Crippen LogP contribution in [0.25, 0.3) is 0 Å². The van der Waals surface area contributed by atoms with Gasteiger partial charge in [-0.3, -0.25) is 0 Å². The van der Waals surface area contributed by atoms with Crippen molar-refractivity contribution < 1.29 is 0 Å². The molecule has 0 fully saturated rings. The molecule has 0 aliphatic rings. The molecule has 0 bridgehead atoms. The van der Waals surface area contributed by atoms with E-state index < -0.39 is 0 Å². The van der Waals surface area contributed by atoms with Crippen LogP contribution in [0.4, 0.5) is 0 Å². The Hall–Kier alpha value is -0.780. The molecule has 86 valence electrons. The lowest BCUT2D eigenvalue weighted by molar-refractivity contribution is 0.305. The second-order valence-corrected chi connectivity index (χ2v) is 5.68. The van der Waals surface area contributed by atoms with Gasteiger partial charge in [0.25, 0.3) is 0 Å². The van der Waals surface area contributed by atoms with Crippen LogP contribution in [-0.4, -0.2) is 0 Å². The van der Waals surface area contributed by atoms with Gasteiger partial charge in [-0.25, -0.2) is 0 Å². The molecule has 0 saturated carbocycles. The van der Waals surface area contributed by atoms with Crippen LogP contribution in [0.15, 0.2) is 35.5 Å². The van der Waals surface area contributed by atoms with E-state index in [2.05, 4.69) is 67.2 Å². The molecule has 15 heavy (non-hydrogen) atoms. The minimum absolute atomic E-state index is 0.292. The van der Waals surface area contributed by atoms with Crippen LogP contribution in [-0.2, 0) is 0 Å². The molecule has 0 N–H and O–H groups in total. The van der Waals surface area contributed by atoms with Gasteiger partial charge in [0.1, 0.15) is 0 Å². The molecular formula is C15H26. The van der Waals surface area contributed by atoms with Gasteiger partial charge < -0.3 is 0 Å². The molecule has 0 aromatic carbocycles. The van der Waals surface area contributed by atoms with E-state index >= 15 is 0 Å². The fraction of sp³-hybridized carbons (Fsp3) is 0.600. The molecule has 0 aliphatic heterocycles. The Morgan fingerprint density at radius 2 is 1.53 bits per heavy atom. The topological polar surface area (TPSA) is 0 Å². The summed E-state index contributed by atoms with van der Waals surface area (Å²) < 4.78 is 0.